The lowest BCUT2D eigenvalue weighted by Gasteiger charge is -2.34. The third-order valence-electron chi connectivity index (χ3n) is 6.03. The van der Waals surface area contributed by atoms with Gasteiger partial charge in [0.2, 0.25) is 0 Å². The molecule has 132 valence electrons. The maximum absolute atomic E-state index is 13.1. The van der Waals surface area contributed by atoms with E-state index >= 15 is 0 Å². The zero-order chi connectivity index (χ0) is 17.8. The molecule has 2 saturated heterocycles. The zero-order valence-corrected chi connectivity index (χ0v) is 14.8. The van der Waals surface area contributed by atoms with Gasteiger partial charge >= 0.3 is 5.63 Å². The highest BCUT2D eigenvalue weighted by Crippen LogP contribution is 2.51. The zero-order valence-electron chi connectivity index (χ0n) is 14.0. The Morgan fingerprint density at radius 2 is 2.20 bits per heavy atom. The third kappa shape index (κ3) is 2.41. The molecule has 2 aromatic rings. The van der Waals surface area contributed by atoms with Crippen LogP contribution < -0.4 is 5.63 Å². The summed E-state index contributed by atoms with van der Waals surface area (Å²) in [7, 11) is 0. The molecule has 2 aliphatic heterocycles. The van der Waals surface area contributed by atoms with E-state index in [4.69, 9.17) is 16.0 Å². The normalized spacial score (nSPS) is 28.0. The van der Waals surface area contributed by atoms with Crippen molar-refractivity contribution in [1.29, 1.82) is 0 Å². The Morgan fingerprint density at radius 1 is 1.40 bits per heavy atom. The minimum atomic E-state index is -0.628. The molecule has 1 aromatic heterocycles. The highest BCUT2D eigenvalue weighted by atomic mass is 35.5. The number of hydrogen-bond donors (Lipinski definition) is 1. The SMILES string of the molecule is CC[C@]1(CO)C[C@H]2CC[C@@H]1N2C(=O)c1cc2cc(Cl)ccc2oc1=O. The average molecular weight is 362 g/mol. The summed E-state index contributed by atoms with van der Waals surface area (Å²) in [6, 6.07) is 6.58. The number of benzene rings is 1. The van der Waals surface area contributed by atoms with E-state index in [0.717, 1.165) is 25.7 Å². The second kappa shape index (κ2) is 5.85. The number of rotatable bonds is 3. The van der Waals surface area contributed by atoms with Gasteiger partial charge in [-0.15, -0.1) is 0 Å². The molecule has 4 rings (SSSR count). The fraction of sp³-hybridized carbons (Fsp3) is 0.474. The number of halogens is 1. The molecule has 1 amide bonds. The Hall–Kier alpha value is -1.85. The van der Waals surface area contributed by atoms with Crippen LogP contribution in [0.4, 0.5) is 0 Å². The molecule has 0 spiro atoms. The van der Waals surface area contributed by atoms with E-state index in [-0.39, 0.29) is 35.6 Å². The Bertz CT molecular complexity index is 902. The van der Waals surface area contributed by atoms with Crippen molar-refractivity contribution in [2.45, 2.75) is 44.7 Å². The maximum atomic E-state index is 13.1. The van der Waals surface area contributed by atoms with E-state index in [1.807, 2.05) is 11.8 Å². The summed E-state index contributed by atoms with van der Waals surface area (Å²) in [5.41, 5.74) is -0.429. The van der Waals surface area contributed by atoms with Crippen LogP contribution >= 0.6 is 11.6 Å². The lowest BCUT2D eigenvalue weighted by atomic mass is 9.72. The molecule has 3 atom stereocenters. The fourth-order valence-corrected chi connectivity index (χ4v) is 4.82. The Morgan fingerprint density at radius 3 is 2.88 bits per heavy atom. The fourth-order valence-electron chi connectivity index (χ4n) is 4.64. The van der Waals surface area contributed by atoms with Gasteiger partial charge in [0.1, 0.15) is 11.1 Å². The van der Waals surface area contributed by atoms with Crippen molar-refractivity contribution in [3.05, 3.63) is 45.3 Å². The van der Waals surface area contributed by atoms with E-state index in [1.54, 1.807) is 24.3 Å². The highest BCUT2D eigenvalue weighted by molar-refractivity contribution is 6.31. The van der Waals surface area contributed by atoms with Crippen molar-refractivity contribution in [2.75, 3.05) is 6.61 Å². The monoisotopic (exact) mass is 361 g/mol. The number of carbonyl (C=O) groups excluding carboxylic acids is 1. The van der Waals surface area contributed by atoms with Crippen molar-refractivity contribution in [3.8, 4) is 0 Å². The molecule has 2 bridgehead atoms. The first-order valence-electron chi connectivity index (χ1n) is 8.66. The number of fused-ring (bicyclic) bond motifs is 3. The van der Waals surface area contributed by atoms with Crippen molar-refractivity contribution in [2.24, 2.45) is 5.41 Å². The summed E-state index contributed by atoms with van der Waals surface area (Å²) in [5, 5.41) is 11.1. The Balaban J connectivity index is 1.76. The molecule has 0 aliphatic carbocycles. The second-order valence-corrected chi connectivity index (χ2v) is 7.60. The van der Waals surface area contributed by atoms with Gasteiger partial charge in [-0.05, 0) is 49.9 Å². The molecule has 25 heavy (non-hydrogen) atoms. The van der Waals surface area contributed by atoms with Gasteiger partial charge in [0.15, 0.2) is 0 Å². The van der Waals surface area contributed by atoms with Crippen molar-refractivity contribution in [1.82, 2.24) is 4.90 Å². The lowest BCUT2D eigenvalue weighted by Crippen LogP contribution is -2.43. The van der Waals surface area contributed by atoms with Gasteiger partial charge in [-0.25, -0.2) is 4.79 Å². The van der Waals surface area contributed by atoms with Crippen molar-refractivity contribution >= 4 is 28.5 Å². The summed E-state index contributed by atoms with van der Waals surface area (Å²) in [5.74, 6) is -0.299. The lowest BCUT2D eigenvalue weighted by molar-refractivity contribution is 0.0554. The predicted molar refractivity (Wildman–Crippen MR) is 94.9 cm³/mol. The van der Waals surface area contributed by atoms with Crippen LogP contribution in [0.15, 0.2) is 33.5 Å². The van der Waals surface area contributed by atoms with E-state index in [0.29, 0.717) is 16.0 Å². The van der Waals surface area contributed by atoms with Crippen LogP contribution in [-0.2, 0) is 0 Å². The smallest absolute Gasteiger partial charge is 0.349 e. The summed E-state index contributed by atoms with van der Waals surface area (Å²) in [6.45, 7) is 2.11. The topological polar surface area (TPSA) is 70.8 Å². The molecule has 0 saturated carbocycles. The molecule has 3 heterocycles. The summed E-state index contributed by atoms with van der Waals surface area (Å²) < 4.78 is 5.31. The van der Waals surface area contributed by atoms with Crippen LogP contribution in [0.5, 0.6) is 0 Å². The standard InChI is InChI=1S/C19H20ClNO4/c1-2-19(10-22)9-13-4-6-16(19)21(13)17(23)14-8-11-7-12(20)3-5-15(11)25-18(14)24/h3,5,7-8,13,16,22H,2,4,6,9-10H2,1H3/t13-,16+,19-/m1/s1. The second-order valence-electron chi connectivity index (χ2n) is 7.17. The first-order valence-corrected chi connectivity index (χ1v) is 9.04. The van der Waals surface area contributed by atoms with E-state index in [1.165, 1.54) is 0 Å². The molecule has 6 heteroatoms. The van der Waals surface area contributed by atoms with Crippen molar-refractivity contribution < 1.29 is 14.3 Å². The van der Waals surface area contributed by atoms with E-state index in [9.17, 15) is 14.7 Å². The minimum absolute atomic E-state index is 0.0190. The molecule has 2 aliphatic rings. The maximum Gasteiger partial charge on any atom is 0.349 e. The van der Waals surface area contributed by atoms with Gasteiger partial charge in [-0.1, -0.05) is 18.5 Å². The molecule has 5 nitrogen and oxygen atoms in total. The number of aliphatic hydroxyl groups excluding tert-OH is 1. The highest BCUT2D eigenvalue weighted by Gasteiger charge is 2.56. The first-order chi connectivity index (χ1) is 12.0. The van der Waals surface area contributed by atoms with Crippen LogP contribution in [0.2, 0.25) is 5.02 Å². The van der Waals surface area contributed by atoms with Crippen LogP contribution in [0.3, 0.4) is 0 Å². The number of nitrogens with zero attached hydrogens (tertiary/aromatic N) is 1. The van der Waals surface area contributed by atoms with Crippen LogP contribution in [-0.4, -0.2) is 34.6 Å². The van der Waals surface area contributed by atoms with E-state index in [2.05, 4.69) is 0 Å². The summed E-state index contributed by atoms with van der Waals surface area (Å²) >= 11 is 6.01. The van der Waals surface area contributed by atoms with Crippen molar-refractivity contribution in [3.63, 3.8) is 0 Å². The molecule has 1 aromatic carbocycles. The molecule has 1 N–H and O–H groups in total. The molecular weight excluding hydrogens is 342 g/mol. The Kier molecular flexibility index (Phi) is 3.89. The summed E-state index contributed by atoms with van der Waals surface area (Å²) in [4.78, 5) is 27.3. The molecule has 0 radical (unpaired) electrons. The predicted octanol–water partition coefficient (Wildman–Crippen LogP) is 3.21. The number of aliphatic hydroxyl groups is 1. The largest absolute Gasteiger partial charge is 0.422 e. The van der Waals surface area contributed by atoms with Crippen LogP contribution in [0, 0.1) is 5.41 Å². The van der Waals surface area contributed by atoms with Gasteiger partial charge in [-0.2, -0.15) is 0 Å². The van der Waals surface area contributed by atoms with Gasteiger partial charge in [0.05, 0.1) is 6.61 Å². The molecule has 2 fully saturated rings. The van der Waals surface area contributed by atoms with E-state index < -0.39 is 5.63 Å². The number of carbonyl (C=O) groups is 1. The van der Waals surface area contributed by atoms with Gasteiger partial charge in [0.25, 0.3) is 5.91 Å². The van der Waals surface area contributed by atoms with Crippen LogP contribution in [0.25, 0.3) is 11.0 Å². The quantitative estimate of drug-likeness (QED) is 0.852. The Labute approximate surface area is 150 Å². The minimum Gasteiger partial charge on any atom is -0.422 e. The number of hydrogen-bond acceptors (Lipinski definition) is 4. The molecular formula is C19H20ClNO4. The van der Waals surface area contributed by atoms with Gasteiger partial charge in [-0.3, -0.25) is 4.79 Å². The first kappa shape index (κ1) is 16.6. The third-order valence-corrected chi connectivity index (χ3v) is 6.26. The van der Waals surface area contributed by atoms with Gasteiger partial charge in [0, 0.05) is 27.9 Å². The number of amides is 1. The molecule has 0 unspecified atom stereocenters. The average Bonchev–Trinajstić information content (AvgIpc) is 3.17. The summed E-state index contributed by atoms with van der Waals surface area (Å²) in [6.07, 6.45) is 3.40. The van der Waals surface area contributed by atoms with Crippen LogP contribution in [0.1, 0.15) is 43.0 Å². The van der Waals surface area contributed by atoms with Gasteiger partial charge < -0.3 is 14.4 Å².